The molecular formula is C10H19Cl. The molecule has 0 nitrogen and oxygen atoms in total. The van der Waals surface area contributed by atoms with Crippen LogP contribution in [0.15, 0.2) is 12.7 Å². The van der Waals surface area contributed by atoms with E-state index in [4.69, 9.17) is 11.6 Å². The molecule has 0 fully saturated rings. The molecule has 0 aromatic carbocycles. The average molecular weight is 175 g/mol. The van der Waals surface area contributed by atoms with E-state index >= 15 is 0 Å². The maximum atomic E-state index is 5.96. The number of hydrogen-bond donors (Lipinski definition) is 0. The van der Waals surface area contributed by atoms with E-state index in [1.54, 1.807) is 0 Å². The fraction of sp³-hybridized carbons (Fsp3) is 0.800. The Morgan fingerprint density at radius 3 is 2.27 bits per heavy atom. The van der Waals surface area contributed by atoms with Gasteiger partial charge >= 0.3 is 0 Å². The first kappa shape index (κ1) is 11.0. The van der Waals surface area contributed by atoms with Crippen molar-refractivity contribution in [1.29, 1.82) is 0 Å². The minimum atomic E-state index is 0.155. The highest BCUT2D eigenvalue weighted by atomic mass is 35.5. The molecule has 0 aromatic rings. The Hall–Kier alpha value is 0.0300. The van der Waals surface area contributed by atoms with E-state index < -0.39 is 0 Å². The molecule has 0 amide bonds. The Kier molecular flexibility index (Phi) is 5.67. The second-order valence-corrected chi connectivity index (χ2v) is 3.96. The molecule has 0 rings (SSSR count). The summed E-state index contributed by atoms with van der Waals surface area (Å²) in [6.45, 7) is 10.4. The Balaban J connectivity index is 3.77. The van der Waals surface area contributed by atoms with Crippen LogP contribution in [0.5, 0.6) is 0 Å². The standard InChI is InChI=1S/C10H19Cl/c1-5-9(8(3)4)7-10(11)6-2/h6,8-10H,2,5,7H2,1,3-4H3. The second kappa shape index (κ2) is 5.65. The van der Waals surface area contributed by atoms with Crippen LogP contribution in [0.3, 0.4) is 0 Å². The Morgan fingerprint density at radius 1 is 1.45 bits per heavy atom. The maximum Gasteiger partial charge on any atom is 0.0516 e. The largest absolute Gasteiger partial charge is 0.118 e. The zero-order chi connectivity index (χ0) is 8.85. The van der Waals surface area contributed by atoms with Crippen molar-refractivity contribution in [2.75, 3.05) is 0 Å². The molecule has 0 aliphatic rings. The van der Waals surface area contributed by atoms with Crippen molar-refractivity contribution in [2.45, 2.75) is 39.0 Å². The molecule has 1 heteroatoms. The third-order valence-corrected chi connectivity index (χ3v) is 2.61. The van der Waals surface area contributed by atoms with Gasteiger partial charge in [0.2, 0.25) is 0 Å². The van der Waals surface area contributed by atoms with Gasteiger partial charge in [0, 0.05) is 0 Å². The van der Waals surface area contributed by atoms with Crippen LogP contribution in [0, 0.1) is 11.8 Å². The van der Waals surface area contributed by atoms with Crippen LogP contribution >= 0.6 is 11.6 Å². The molecule has 0 heterocycles. The first-order valence-electron chi connectivity index (χ1n) is 4.38. The van der Waals surface area contributed by atoms with Gasteiger partial charge in [-0.05, 0) is 18.3 Å². The van der Waals surface area contributed by atoms with Crippen molar-refractivity contribution < 1.29 is 0 Å². The van der Waals surface area contributed by atoms with Gasteiger partial charge in [0.25, 0.3) is 0 Å². The number of allylic oxidation sites excluding steroid dienone is 1. The molecular weight excluding hydrogens is 156 g/mol. The van der Waals surface area contributed by atoms with Crippen molar-refractivity contribution in [2.24, 2.45) is 11.8 Å². The molecule has 11 heavy (non-hydrogen) atoms. The number of hydrogen-bond acceptors (Lipinski definition) is 0. The Labute approximate surface area is 75.6 Å². The van der Waals surface area contributed by atoms with E-state index in [1.165, 1.54) is 6.42 Å². The van der Waals surface area contributed by atoms with E-state index in [1.807, 2.05) is 6.08 Å². The molecule has 2 unspecified atom stereocenters. The zero-order valence-corrected chi connectivity index (χ0v) is 8.56. The molecule has 0 spiro atoms. The molecule has 0 aliphatic heterocycles. The molecule has 0 aliphatic carbocycles. The summed E-state index contributed by atoms with van der Waals surface area (Å²) >= 11 is 5.96. The average Bonchev–Trinajstić information content (AvgIpc) is 1.99. The van der Waals surface area contributed by atoms with Crippen molar-refractivity contribution in [1.82, 2.24) is 0 Å². The van der Waals surface area contributed by atoms with Crippen molar-refractivity contribution in [3.63, 3.8) is 0 Å². The van der Waals surface area contributed by atoms with Gasteiger partial charge in [0.1, 0.15) is 0 Å². The molecule has 0 N–H and O–H groups in total. The third-order valence-electron chi connectivity index (χ3n) is 2.25. The van der Waals surface area contributed by atoms with Gasteiger partial charge in [-0.2, -0.15) is 0 Å². The lowest BCUT2D eigenvalue weighted by atomic mass is 9.89. The summed E-state index contributed by atoms with van der Waals surface area (Å²) in [6, 6.07) is 0. The second-order valence-electron chi connectivity index (χ2n) is 3.40. The highest BCUT2D eigenvalue weighted by Crippen LogP contribution is 2.23. The molecule has 0 saturated heterocycles. The smallest absolute Gasteiger partial charge is 0.0516 e. The van der Waals surface area contributed by atoms with Crippen LogP contribution in [0.2, 0.25) is 0 Å². The van der Waals surface area contributed by atoms with E-state index in [9.17, 15) is 0 Å². The van der Waals surface area contributed by atoms with Crippen LogP contribution in [0.4, 0.5) is 0 Å². The molecule has 66 valence electrons. The van der Waals surface area contributed by atoms with Gasteiger partial charge in [-0.25, -0.2) is 0 Å². The van der Waals surface area contributed by atoms with Crippen LogP contribution in [0.25, 0.3) is 0 Å². The number of halogens is 1. The summed E-state index contributed by atoms with van der Waals surface area (Å²) in [5.74, 6) is 1.48. The molecule has 0 aromatic heterocycles. The third kappa shape index (κ3) is 4.47. The number of alkyl halides is 1. The van der Waals surface area contributed by atoms with Gasteiger partial charge in [0.05, 0.1) is 5.38 Å². The lowest BCUT2D eigenvalue weighted by Gasteiger charge is -2.19. The molecule has 0 saturated carbocycles. The van der Waals surface area contributed by atoms with Gasteiger partial charge in [-0.15, -0.1) is 18.2 Å². The molecule has 0 radical (unpaired) electrons. The number of rotatable bonds is 5. The first-order valence-corrected chi connectivity index (χ1v) is 4.82. The summed E-state index contributed by atoms with van der Waals surface area (Å²) in [5, 5.41) is 0.155. The molecule has 2 atom stereocenters. The van der Waals surface area contributed by atoms with Crippen molar-refractivity contribution in [3.05, 3.63) is 12.7 Å². The van der Waals surface area contributed by atoms with Crippen LogP contribution in [0.1, 0.15) is 33.6 Å². The lowest BCUT2D eigenvalue weighted by Crippen LogP contribution is -2.12. The van der Waals surface area contributed by atoms with Crippen molar-refractivity contribution >= 4 is 11.6 Å². The predicted octanol–water partition coefficient (Wildman–Crippen LogP) is 3.85. The minimum Gasteiger partial charge on any atom is -0.118 e. The highest BCUT2D eigenvalue weighted by molar-refractivity contribution is 6.21. The van der Waals surface area contributed by atoms with Crippen LogP contribution < -0.4 is 0 Å². The van der Waals surface area contributed by atoms with E-state index in [0.29, 0.717) is 0 Å². The highest BCUT2D eigenvalue weighted by Gasteiger charge is 2.13. The van der Waals surface area contributed by atoms with Crippen LogP contribution in [-0.4, -0.2) is 5.38 Å². The van der Waals surface area contributed by atoms with Gasteiger partial charge in [0.15, 0.2) is 0 Å². The summed E-state index contributed by atoms with van der Waals surface area (Å²) in [7, 11) is 0. The topological polar surface area (TPSA) is 0 Å². The van der Waals surface area contributed by atoms with Gasteiger partial charge < -0.3 is 0 Å². The summed E-state index contributed by atoms with van der Waals surface area (Å²) in [6.07, 6.45) is 4.11. The minimum absolute atomic E-state index is 0.155. The first-order chi connectivity index (χ1) is 5.11. The maximum absolute atomic E-state index is 5.96. The fourth-order valence-electron chi connectivity index (χ4n) is 1.30. The van der Waals surface area contributed by atoms with E-state index in [0.717, 1.165) is 18.3 Å². The van der Waals surface area contributed by atoms with E-state index in [2.05, 4.69) is 27.4 Å². The zero-order valence-electron chi connectivity index (χ0n) is 7.81. The molecule has 0 bridgehead atoms. The summed E-state index contributed by atoms with van der Waals surface area (Å²) in [4.78, 5) is 0. The summed E-state index contributed by atoms with van der Waals surface area (Å²) < 4.78 is 0. The van der Waals surface area contributed by atoms with Gasteiger partial charge in [-0.3, -0.25) is 0 Å². The van der Waals surface area contributed by atoms with E-state index in [-0.39, 0.29) is 5.38 Å². The SMILES string of the molecule is C=CC(Cl)CC(CC)C(C)C. The Bertz CT molecular complexity index is 107. The predicted molar refractivity (Wildman–Crippen MR) is 53.1 cm³/mol. The summed E-state index contributed by atoms with van der Waals surface area (Å²) in [5.41, 5.74) is 0. The Morgan fingerprint density at radius 2 is 2.00 bits per heavy atom. The fourth-order valence-corrected chi connectivity index (χ4v) is 1.52. The normalized spacial score (nSPS) is 16.5. The quantitative estimate of drug-likeness (QED) is 0.439. The monoisotopic (exact) mass is 174 g/mol. The van der Waals surface area contributed by atoms with Crippen molar-refractivity contribution in [3.8, 4) is 0 Å². The van der Waals surface area contributed by atoms with Crippen LogP contribution in [-0.2, 0) is 0 Å². The van der Waals surface area contributed by atoms with Gasteiger partial charge in [-0.1, -0.05) is 33.3 Å². The lowest BCUT2D eigenvalue weighted by molar-refractivity contribution is 0.353.